The number of hydrogen-bond donors (Lipinski definition) is 1. The van der Waals surface area contributed by atoms with Crippen LogP contribution in [0.4, 0.5) is 10.8 Å². The van der Waals surface area contributed by atoms with Crippen molar-refractivity contribution in [3.63, 3.8) is 0 Å². The predicted octanol–water partition coefficient (Wildman–Crippen LogP) is 7.70. The molecular formula is C33H33N3O3S. The summed E-state index contributed by atoms with van der Waals surface area (Å²) in [6.45, 7) is 5.41. The third kappa shape index (κ3) is 5.95. The van der Waals surface area contributed by atoms with E-state index < -0.39 is 0 Å². The minimum Gasteiger partial charge on any atom is -0.497 e. The van der Waals surface area contributed by atoms with Crippen LogP contribution < -0.4 is 19.7 Å². The average Bonchev–Trinajstić information content (AvgIpc) is 3.48. The van der Waals surface area contributed by atoms with E-state index >= 15 is 0 Å². The highest BCUT2D eigenvalue weighted by molar-refractivity contribution is 7.14. The molecule has 0 aliphatic heterocycles. The van der Waals surface area contributed by atoms with E-state index in [-0.39, 0.29) is 5.91 Å². The largest absolute Gasteiger partial charge is 0.497 e. The van der Waals surface area contributed by atoms with Gasteiger partial charge in [-0.2, -0.15) is 0 Å². The zero-order chi connectivity index (χ0) is 28.1. The van der Waals surface area contributed by atoms with Crippen LogP contribution in [-0.2, 0) is 6.54 Å². The lowest BCUT2D eigenvalue weighted by Gasteiger charge is -2.24. The van der Waals surface area contributed by atoms with E-state index in [4.69, 9.17) is 14.5 Å². The van der Waals surface area contributed by atoms with Gasteiger partial charge in [-0.1, -0.05) is 62.4 Å². The third-order valence-electron chi connectivity index (χ3n) is 6.69. The van der Waals surface area contributed by atoms with Gasteiger partial charge >= 0.3 is 0 Å². The minimum absolute atomic E-state index is 0.0528. The fourth-order valence-corrected chi connectivity index (χ4v) is 5.41. The van der Waals surface area contributed by atoms with Gasteiger partial charge in [0.2, 0.25) is 0 Å². The highest BCUT2D eigenvalue weighted by Crippen LogP contribution is 2.40. The van der Waals surface area contributed by atoms with Gasteiger partial charge in [0, 0.05) is 28.4 Å². The Hall–Kier alpha value is -4.36. The summed E-state index contributed by atoms with van der Waals surface area (Å²) < 4.78 is 11.1. The van der Waals surface area contributed by atoms with Crippen LogP contribution in [0.25, 0.3) is 22.0 Å². The first-order valence-corrected chi connectivity index (χ1v) is 14.1. The van der Waals surface area contributed by atoms with Crippen molar-refractivity contribution in [2.45, 2.75) is 20.4 Å². The highest BCUT2D eigenvalue weighted by atomic mass is 32.1. The number of thiazole rings is 1. The Morgan fingerprint density at radius 1 is 0.950 bits per heavy atom. The van der Waals surface area contributed by atoms with Crippen LogP contribution in [0.5, 0.6) is 11.5 Å². The molecule has 5 rings (SSSR count). The van der Waals surface area contributed by atoms with Crippen LogP contribution >= 0.6 is 11.3 Å². The van der Waals surface area contributed by atoms with E-state index in [0.717, 1.165) is 49.9 Å². The van der Waals surface area contributed by atoms with Gasteiger partial charge in [0.25, 0.3) is 5.91 Å². The summed E-state index contributed by atoms with van der Waals surface area (Å²) >= 11 is 1.58. The third-order valence-corrected chi connectivity index (χ3v) is 7.55. The number of nitrogens with zero attached hydrogens (tertiary/aromatic N) is 2. The molecule has 1 amide bonds. The van der Waals surface area contributed by atoms with E-state index in [2.05, 4.69) is 66.5 Å². The molecule has 6 nitrogen and oxygen atoms in total. The molecule has 0 aliphatic carbocycles. The maximum absolute atomic E-state index is 12.6. The molecule has 40 heavy (non-hydrogen) atoms. The molecule has 0 aliphatic rings. The molecule has 0 unspecified atom stereocenters. The predicted molar refractivity (Wildman–Crippen MR) is 164 cm³/mol. The van der Waals surface area contributed by atoms with Crippen LogP contribution in [0.15, 0.2) is 90.3 Å². The van der Waals surface area contributed by atoms with Crippen molar-refractivity contribution >= 4 is 38.8 Å². The van der Waals surface area contributed by atoms with Gasteiger partial charge in [-0.3, -0.25) is 4.79 Å². The van der Waals surface area contributed by atoms with Crippen LogP contribution in [0, 0.1) is 5.92 Å². The fraction of sp³-hybridized carbons (Fsp3) is 0.212. The van der Waals surface area contributed by atoms with Gasteiger partial charge in [-0.15, -0.1) is 11.3 Å². The number of ether oxygens (including phenoxy) is 2. The van der Waals surface area contributed by atoms with E-state index in [9.17, 15) is 4.79 Å². The fourth-order valence-electron chi connectivity index (χ4n) is 4.57. The molecule has 5 aromatic rings. The summed E-state index contributed by atoms with van der Waals surface area (Å²) in [6.07, 6.45) is 0. The molecule has 204 valence electrons. The lowest BCUT2D eigenvalue weighted by Crippen LogP contribution is -2.27. The molecule has 7 heteroatoms. The van der Waals surface area contributed by atoms with E-state index in [1.807, 2.05) is 47.8 Å². The molecule has 0 saturated carbocycles. The van der Waals surface area contributed by atoms with Gasteiger partial charge in [0.05, 0.1) is 32.1 Å². The lowest BCUT2D eigenvalue weighted by atomic mass is 10.1. The smallest absolute Gasteiger partial charge is 0.251 e. The first-order valence-electron chi connectivity index (χ1n) is 13.3. The number of hydrogen-bond acceptors (Lipinski definition) is 6. The maximum atomic E-state index is 12.6. The van der Waals surface area contributed by atoms with Crippen molar-refractivity contribution < 1.29 is 14.3 Å². The number of nitrogens with one attached hydrogen (secondary N) is 1. The van der Waals surface area contributed by atoms with Gasteiger partial charge in [-0.25, -0.2) is 4.98 Å². The Morgan fingerprint density at radius 3 is 2.48 bits per heavy atom. The second kappa shape index (κ2) is 12.2. The van der Waals surface area contributed by atoms with E-state index in [1.54, 1.807) is 25.6 Å². The number of benzene rings is 4. The molecular weight excluding hydrogens is 518 g/mol. The van der Waals surface area contributed by atoms with Crippen LogP contribution in [0.3, 0.4) is 0 Å². The van der Waals surface area contributed by atoms with E-state index in [1.165, 1.54) is 0 Å². The molecule has 1 N–H and O–H groups in total. The number of aromatic nitrogens is 1. The Balaban J connectivity index is 1.52. The number of methoxy groups -OCH3 is 2. The number of anilines is 2. The number of rotatable bonds is 10. The van der Waals surface area contributed by atoms with Crippen molar-refractivity contribution in [3.8, 4) is 22.8 Å². The second-order valence-corrected chi connectivity index (χ2v) is 10.8. The van der Waals surface area contributed by atoms with Gasteiger partial charge in [-0.05, 0) is 53.3 Å². The normalized spacial score (nSPS) is 11.0. The monoisotopic (exact) mass is 551 g/mol. The van der Waals surface area contributed by atoms with Gasteiger partial charge in [0.15, 0.2) is 5.13 Å². The Bertz CT molecular complexity index is 1610. The SMILES string of the molecule is COc1ccc(OC)c(-c2csc(N(Cc3ccc(C(=O)NCC(C)C)cc3)c3cccc4ccccc34)n2)c1. The zero-order valence-electron chi connectivity index (χ0n) is 23.2. The molecule has 0 atom stereocenters. The molecule has 0 bridgehead atoms. The second-order valence-electron chi connectivity index (χ2n) is 9.97. The Morgan fingerprint density at radius 2 is 1.73 bits per heavy atom. The molecule has 1 heterocycles. The van der Waals surface area contributed by atoms with Crippen molar-refractivity contribution in [2.24, 2.45) is 5.92 Å². The summed E-state index contributed by atoms with van der Waals surface area (Å²) in [5, 5.41) is 8.20. The van der Waals surface area contributed by atoms with Crippen LogP contribution in [0.2, 0.25) is 0 Å². The summed E-state index contributed by atoms with van der Waals surface area (Å²) in [5.41, 5.74) is 4.49. The summed E-state index contributed by atoms with van der Waals surface area (Å²) in [4.78, 5) is 19.9. The van der Waals surface area contributed by atoms with Gasteiger partial charge < -0.3 is 19.7 Å². The Labute approximate surface area is 239 Å². The van der Waals surface area contributed by atoms with Crippen molar-refractivity contribution in [1.29, 1.82) is 0 Å². The molecule has 0 fully saturated rings. The maximum Gasteiger partial charge on any atom is 0.251 e. The van der Waals surface area contributed by atoms with Gasteiger partial charge in [0.1, 0.15) is 11.5 Å². The molecule has 4 aromatic carbocycles. The van der Waals surface area contributed by atoms with Crippen molar-refractivity contribution in [2.75, 3.05) is 25.7 Å². The summed E-state index contributed by atoms with van der Waals surface area (Å²) in [7, 11) is 3.31. The average molecular weight is 552 g/mol. The van der Waals surface area contributed by atoms with Crippen LogP contribution in [0.1, 0.15) is 29.8 Å². The quantitative estimate of drug-likeness (QED) is 0.193. The molecule has 0 saturated heterocycles. The molecule has 0 spiro atoms. The summed E-state index contributed by atoms with van der Waals surface area (Å²) in [5.74, 6) is 1.83. The highest BCUT2D eigenvalue weighted by Gasteiger charge is 2.19. The van der Waals surface area contributed by atoms with Crippen molar-refractivity contribution in [3.05, 3.63) is 101 Å². The number of carbonyl (C=O) groups is 1. The molecule has 1 aromatic heterocycles. The molecule has 0 radical (unpaired) electrons. The first kappa shape index (κ1) is 27.2. The minimum atomic E-state index is -0.0528. The lowest BCUT2D eigenvalue weighted by molar-refractivity contribution is 0.0949. The van der Waals surface area contributed by atoms with Crippen molar-refractivity contribution in [1.82, 2.24) is 10.3 Å². The number of amides is 1. The summed E-state index contributed by atoms with van der Waals surface area (Å²) in [6, 6.07) is 28.2. The first-order chi connectivity index (χ1) is 19.5. The van der Waals surface area contributed by atoms with Crippen LogP contribution in [-0.4, -0.2) is 31.7 Å². The number of carbonyl (C=O) groups excluding carboxylic acids is 1. The zero-order valence-corrected chi connectivity index (χ0v) is 24.0. The Kier molecular flexibility index (Phi) is 8.31. The number of fused-ring (bicyclic) bond motifs is 1. The standard InChI is InChI=1S/C33H33N3O3S/c1-22(2)19-34-32(37)25-14-12-23(13-15-25)20-36(30-11-7-9-24-8-5-6-10-27(24)30)33-35-29(21-40-33)28-18-26(38-3)16-17-31(28)39-4/h5-18,21-22H,19-20H2,1-4H3,(H,34,37). The van der Waals surface area contributed by atoms with E-state index in [0.29, 0.717) is 24.6 Å². The topological polar surface area (TPSA) is 63.7 Å².